The van der Waals surface area contributed by atoms with E-state index in [0.29, 0.717) is 5.69 Å². The maximum absolute atomic E-state index is 11.9. The number of methoxy groups -OCH3 is 1. The minimum atomic E-state index is -3.46. The van der Waals surface area contributed by atoms with E-state index in [1.54, 1.807) is 6.07 Å². The summed E-state index contributed by atoms with van der Waals surface area (Å²) < 4.78 is 31.5. The molecule has 1 N–H and O–H groups in total. The maximum atomic E-state index is 11.9. The first-order valence-corrected chi connectivity index (χ1v) is 8.12. The molecule has 5 nitrogen and oxygen atoms in total. The van der Waals surface area contributed by atoms with Gasteiger partial charge in [-0.1, -0.05) is 22.0 Å². The zero-order chi connectivity index (χ0) is 14.5. The molecule has 19 heavy (non-hydrogen) atoms. The fourth-order valence-electron chi connectivity index (χ4n) is 1.43. The third kappa shape index (κ3) is 5.61. The lowest BCUT2D eigenvalue weighted by atomic mass is 10.2. The zero-order valence-electron chi connectivity index (χ0n) is 10.8. The van der Waals surface area contributed by atoms with Crippen molar-refractivity contribution in [2.45, 2.75) is 19.8 Å². The SMILES string of the molecule is COC(=O)CCCS(=O)(=O)Nc1cc(Br)ccc1C. The van der Waals surface area contributed by atoms with Gasteiger partial charge < -0.3 is 4.74 Å². The van der Waals surface area contributed by atoms with Crippen LogP contribution in [0.1, 0.15) is 18.4 Å². The third-order valence-corrected chi connectivity index (χ3v) is 4.34. The molecule has 1 aromatic carbocycles. The quantitative estimate of drug-likeness (QED) is 0.800. The summed E-state index contributed by atoms with van der Waals surface area (Å²) in [5.74, 6) is -0.525. The number of nitrogens with one attached hydrogen (secondary N) is 1. The van der Waals surface area contributed by atoms with Crippen molar-refractivity contribution >= 4 is 37.6 Å². The Morgan fingerprint density at radius 1 is 1.42 bits per heavy atom. The first kappa shape index (κ1) is 16.0. The highest BCUT2D eigenvalue weighted by molar-refractivity contribution is 9.10. The molecule has 0 bridgehead atoms. The molecule has 0 radical (unpaired) electrons. The number of benzene rings is 1. The van der Waals surface area contributed by atoms with Crippen LogP contribution in [0.3, 0.4) is 0 Å². The van der Waals surface area contributed by atoms with E-state index in [1.807, 2.05) is 19.1 Å². The van der Waals surface area contributed by atoms with E-state index in [-0.39, 0.29) is 18.6 Å². The fraction of sp³-hybridized carbons (Fsp3) is 0.417. The van der Waals surface area contributed by atoms with Crippen molar-refractivity contribution in [3.8, 4) is 0 Å². The van der Waals surface area contributed by atoms with E-state index in [9.17, 15) is 13.2 Å². The Labute approximate surface area is 121 Å². The van der Waals surface area contributed by atoms with Crippen LogP contribution in [0.25, 0.3) is 0 Å². The van der Waals surface area contributed by atoms with E-state index in [2.05, 4.69) is 25.4 Å². The zero-order valence-corrected chi connectivity index (χ0v) is 13.2. The van der Waals surface area contributed by atoms with Crippen LogP contribution in [0.5, 0.6) is 0 Å². The molecule has 106 valence electrons. The lowest BCUT2D eigenvalue weighted by Crippen LogP contribution is -2.18. The highest BCUT2D eigenvalue weighted by Gasteiger charge is 2.13. The first-order chi connectivity index (χ1) is 8.84. The van der Waals surface area contributed by atoms with Crippen molar-refractivity contribution in [1.82, 2.24) is 0 Å². The Hall–Kier alpha value is -1.08. The van der Waals surface area contributed by atoms with E-state index in [0.717, 1.165) is 10.0 Å². The van der Waals surface area contributed by atoms with Crippen LogP contribution in [0.15, 0.2) is 22.7 Å². The van der Waals surface area contributed by atoms with Gasteiger partial charge in [-0.15, -0.1) is 0 Å². The molecule has 0 saturated heterocycles. The number of hydrogen-bond donors (Lipinski definition) is 1. The summed E-state index contributed by atoms with van der Waals surface area (Å²) in [5, 5.41) is 0. The summed E-state index contributed by atoms with van der Waals surface area (Å²) in [7, 11) is -2.18. The van der Waals surface area contributed by atoms with E-state index in [4.69, 9.17) is 0 Å². The van der Waals surface area contributed by atoms with Crippen molar-refractivity contribution in [2.75, 3.05) is 17.6 Å². The van der Waals surface area contributed by atoms with Crippen LogP contribution in [0, 0.1) is 6.92 Å². The molecule has 0 amide bonds. The number of sulfonamides is 1. The second-order valence-electron chi connectivity index (χ2n) is 4.06. The van der Waals surface area contributed by atoms with Crippen molar-refractivity contribution in [2.24, 2.45) is 0 Å². The van der Waals surface area contributed by atoms with Gasteiger partial charge in [0.2, 0.25) is 10.0 Å². The molecule has 0 aliphatic carbocycles. The number of aryl methyl sites for hydroxylation is 1. The topological polar surface area (TPSA) is 72.5 Å². The van der Waals surface area contributed by atoms with Gasteiger partial charge in [0.1, 0.15) is 0 Å². The largest absolute Gasteiger partial charge is 0.469 e. The van der Waals surface area contributed by atoms with Gasteiger partial charge >= 0.3 is 5.97 Å². The summed E-state index contributed by atoms with van der Waals surface area (Å²) in [6, 6.07) is 5.36. The molecule has 0 aromatic heterocycles. The molecule has 1 aromatic rings. The average Bonchev–Trinajstić information content (AvgIpc) is 2.33. The third-order valence-electron chi connectivity index (χ3n) is 2.49. The molecule has 0 aliphatic heterocycles. The van der Waals surface area contributed by atoms with Crippen LogP contribution in [0.4, 0.5) is 5.69 Å². The Morgan fingerprint density at radius 3 is 2.74 bits per heavy atom. The number of carbonyl (C=O) groups is 1. The van der Waals surface area contributed by atoms with Crippen LogP contribution >= 0.6 is 15.9 Å². The molecule has 0 atom stereocenters. The number of rotatable bonds is 6. The van der Waals surface area contributed by atoms with Crippen LogP contribution < -0.4 is 4.72 Å². The van der Waals surface area contributed by atoms with Crippen molar-refractivity contribution in [3.63, 3.8) is 0 Å². The van der Waals surface area contributed by atoms with Crippen LogP contribution in [-0.4, -0.2) is 27.2 Å². The Bertz CT molecular complexity index is 557. The molecular formula is C12H16BrNO4S. The summed E-state index contributed by atoms with van der Waals surface area (Å²) >= 11 is 3.29. The normalized spacial score (nSPS) is 11.1. The van der Waals surface area contributed by atoms with Gasteiger partial charge in [-0.2, -0.15) is 0 Å². The first-order valence-electron chi connectivity index (χ1n) is 5.67. The minimum Gasteiger partial charge on any atom is -0.469 e. The summed E-state index contributed by atoms with van der Waals surface area (Å²) in [4.78, 5) is 10.9. The number of esters is 1. The van der Waals surface area contributed by atoms with E-state index >= 15 is 0 Å². The van der Waals surface area contributed by atoms with Crippen LogP contribution in [0.2, 0.25) is 0 Å². The van der Waals surface area contributed by atoms with Gasteiger partial charge in [0.15, 0.2) is 0 Å². The second-order valence-corrected chi connectivity index (χ2v) is 6.82. The van der Waals surface area contributed by atoms with Gasteiger partial charge in [-0.05, 0) is 31.0 Å². The number of ether oxygens (including phenoxy) is 1. The monoisotopic (exact) mass is 349 g/mol. The molecule has 0 unspecified atom stereocenters. The molecule has 7 heteroatoms. The maximum Gasteiger partial charge on any atom is 0.305 e. The van der Waals surface area contributed by atoms with Crippen molar-refractivity contribution < 1.29 is 17.9 Å². The molecular weight excluding hydrogens is 334 g/mol. The molecule has 0 saturated carbocycles. The molecule has 0 aliphatic rings. The van der Waals surface area contributed by atoms with Gasteiger partial charge in [-0.25, -0.2) is 8.42 Å². The standard InChI is InChI=1S/C12H16BrNO4S/c1-9-5-6-10(13)8-11(9)14-19(16,17)7-3-4-12(15)18-2/h5-6,8,14H,3-4,7H2,1-2H3. The lowest BCUT2D eigenvalue weighted by molar-refractivity contribution is -0.140. The average molecular weight is 350 g/mol. The van der Waals surface area contributed by atoms with Gasteiger partial charge in [0.25, 0.3) is 0 Å². The lowest BCUT2D eigenvalue weighted by Gasteiger charge is -2.10. The Balaban J connectivity index is 2.64. The molecule has 0 spiro atoms. The van der Waals surface area contributed by atoms with Crippen molar-refractivity contribution in [3.05, 3.63) is 28.2 Å². The number of anilines is 1. The highest BCUT2D eigenvalue weighted by atomic mass is 79.9. The second kappa shape index (κ2) is 6.91. The Kier molecular flexibility index (Phi) is 5.81. The van der Waals surface area contributed by atoms with E-state index in [1.165, 1.54) is 7.11 Å². The minimum absolute atomic E-state index is 0.0921. The predicted octanol–water partition coefficient (Wildman–Crippen LogP) is 2.45. The fourth-order valence-corrected chi connectivity index (χ4v) is 2.97. The number of carbonyl (C=O) groups excluding carboxylic acids is 1. The molecule has 0 heterocycles. The van der Waals surface area contributed by atoms with E-state index < -0.39 is 16.0 Å². The predicted molar refractivity (Wildman–Crippen MR) is 77.5 cm³/mol. The summed E-state index contributed by atoms with van der Waals surface area (Å²) in [5.41, 5.74) is 1.37. The summed E-state index contributed by atoms with van der Waals surface area (Å²) in [6.45, 7) is 1.82. The highest BCUT2D eigenvalue weighted by Crippen LogP contribution is 2.21. The molecule has 0 fully saturated rings. The van der Waals surface area contributed by atoms with Gasteiger partial charge in [0.05, 0.1) is 18.6 Å². The summed E-state index contributed by atoms with van der Waals surface area (Å²) in [6.07, 6.45) is 0.323. The van der Waals surface area contributed by atoms with Crippen molar-refractivity contribution in [1.29, 1.82) is 0 Å². The smallest absolute Gasteiger partial charge is 0.305 e. The Morgan fingerprint density at radius 2 is 2.11 bits per heavy atom. The van der Waals surface area contributed by atoms with Gasteiger partial charge in [0, 0.05) is 10.9 Å². The van der Waals surface area contributed by atoms with Crippen LogP contribution in [-0.2, 0) is 19.6 Å². The number of hydrogen-bond acceptors (Lipinski definition) is 4. The molecule has 1 rings (SSSR count). The van der Waals surface area contributed by atoms with Gasteiger partial charge in [-0.3, -0.25) is 9.52 Å². The number of halogens is 1.